The van der Waals surface area contributed by atoms with Crippen LogP contribution in [-0.4, -0.2) is 50.2 Å². The van der Waals surface area contributed by atoms with E-state index in [0.29, 0.717) is 6.04 Å². The first kappa shape index (κ1) is 13.8. The Hall–Kier alpha value is -0.650. The van der Waals surface area contributed by atoms with Crippen LogP contribution in [0.3, 0.4) is 0 Å². The molecule has 1 fully saturated rings. The van der Waals surface area contributed by atoms with Crippen molar-refractivity contribution in [2.45, 2.75) is 25.8 Å². The molecule has 0 spiro atoms. The fourth-order valence-electron chi connectivity index (χ4n) is 2.19. The predicted molar refractivity (Wildman–Crippen MR) is 78.5 cm³/mol. The first-order valence-electron chi connectivity index (χ1n) is 6.77. The van der Waals surface area contributed by atoms with Crippen molar-refractivity contribution < 1.29 is 0 Å². The van der Waals surface area contributed by atoms with Gasteiger partial charge in [0.1, 0.15) is 0 Å². The van der Waals surface area contributed by atoms with Gasteiger partial charge in [-0.3, -0.25) is 0 Å². The van der Waals surface area contributed by atoms with Crippen LogP contribution >= 0.6 is 11.3 Å². The molecule has 5 heteroatoms. The second-order valence-corrected chi connectivity index (χ2v) is 6.07. The Kier molecular flexibility index (Phi) is 4.97. The van der Waals surface area contributed by atoms with Gasteiger partial charge in [0, 0.05) is 37.3 Å². The van der Waals surface area contributed by atoms with Gasteiger partial charge in [0.05, 0.1) is 0 Å². The van der Waals surface area contributed by atoms with Crippen LogP contribution in [0, 0.1) is 0 Å². The Morgan fingerprint density at radius 3 is 2.89 bits per heavy atom. The van der Waals surface area contributed by atoms with Crippen LogP contribution < -0.4 is 10.2 Å². The van der Waals surface area contributed by atoms with Crippen molar-refractivity contribution in [3.05, 3.63) is 11.1 Å². The summed E-state index contributed by atoms with van der Waals surface area (Å²) in [6.07, 6.45) is 4.73. The fraction of sp³-hybridized carbons (Fsp3) is 0.769. The van der Waals surface area contributed by atoms with E-state index in [1.165, 1.54) is 30.8 Å². The average Bonchev–Trinajstić information content (AvgIpc) is 3.05. The Bertz CT molecular complexity index is 360. The summed E-state index contributed by atoms with van der Waals surface area (Å²) in [5.41, 5.74) is 0. The third kappa shape index (κ3) is 3.43. The number of likely N-dealkylation sites (tertiary alicyclic amines) is 1. The van der Waals surface area contributed by atoms with Crippen molar-refractivity contribution in [3.63, 3.8) is 0 Å². The second-order valence-electron chi connectivity index (χ2n) is 5.03. The van der Waals surface area contributed by atoms with Crippen LogP contribution in [-0.2, 0) is 0 Å². The lowest BCUT2D eigenvalue weighted by atomic mass is 10.3. The smallest absolute Gasteiger partial charge is 0.185 e. The van der Waals surface area contributed by atoms with Gasteiger partial charge in [0.2, 0.25) is 0 Å². The molecule has 1 aromatic heterocycles. The summed E-state index contributed by atoms with van der Waals surface area (Å²) >= 11 is 1.79. The molecule has 0 aliphatic carbocycles. The van der Waals surface area contributed by atoms with Gasteiger partial charge in [-0.1, -0.05) is 0 Å². The molecule has 1 aromatic rings. The molecule has 1 aliphatic heterocycles. The molecule has 18 heavy (non-hydrogen) atoms. The lowest BCUT2D eigenvalue weighted by Gasteiger charge is -2.20. The van der Waals surface area contributed by atoms with Gasteiger partial charge < -0.3 is 15.1 Å². The number of nitrogens with one attached hydrogen (secondary N) is 1. The highest BCUT2D eigenvalue weighted by atomic mass is 32.1. The van der Waals surface area contributed by atoms with Crippen molar-refractivity contribution in [2.75, 3.05) is 45.2 Å². The Morgan fingerprint density at radius 2 is 2.22 bits per heavy atom. The maximum atomic E-state index is 4.52. The number of rotatable bonds is 6. The van der Waals surface area contributed by atoms with E-state index in [1.807, 2.05) is 13.2 Å². The first-order valence-corrected chi connectivity index (χ1v) is 7.59. The number of hydrogen-bond acceptors (Lipinski definition) is 5. The number of anilines is 1. The zero-order valence-corrected chi connectivity index (χ0v) is 12.5. The van der Waals surface area contributed by atoms with Gasteiger partial charge in [-0.2, -0.15) is 0 Å². The van der Waals surface area contributed by atoms with Gasteiger partial charge in [-0.25, -0.2) is 4.98 Å². The van der Waals surface area contributed by atoms with Crippen LogP contribution in [0.25, 0.3) is 0 Å². The van der Waals surface area contributed by atoms with Gasteiger partial charge in [-0.05, 0) is 39.9 Å². The minimum absolute atomic E-state index is 0.392. The average molecular weight is 268 g/mol. The normalized spacial score (nSPS) is 18.2. The highest BCUT2D eigenvalue weighted by Crippen LogP contribution is 2.26. The quantitative estimate of drug-likeness (QED) is 0.854. The molecule has 1 atom stereocenters. The van der Waals surface area contributed by atoms with E-state index in [-0.39, 0.29) is 0 Å². The van der Waals surface area contributed by atoms with Crippen molar-refractivity contribution >= 4 is 16.5 Å². The van der Waals surface area contributed by atoms with E-state index < -0.39 is 0 Å². The molecule has 0 amide bonds. The lowest BCUT2D eigenvalue weighted by Crippen LogP contribution is -2.31. The predicted octanol–water partition coefficient (Wildman–Crippen LogP) is 1.96. The SMILES string of the molecule is CNC(C)c1cnc(N(C)CCN2CCCC2)s1. The van der Waals surface area contributed by atoms with Crippen molar-refractivity contribution in [2.24, 2.45) is 0 Å². The summed E-state index contributed by atoms with van der Waals surface area (Å²) in [7, 11) is 4.13. The number of nitrogens with zero attached hydrogens (tertiary/aromatic N) is 3. The summed E-state index contributed by atoms with van der Waals surface area (Å²) in [5.74, 6) is 0. The summed E-state index contributed by atoms with van der Waals surface area (Å²) < 4.78 is 0. The molecule has 2 heterocycles. The first-order chi connectivity index (χ1) is 8.70. The van der Waals surface area contributed by atoms with E-state index in [2.05, 4.69) is 34.1 Å². The Morgan fingerprint density at radius 1 is 1.50 bits per heavy atom. The number of aromatic nitrogens is 1. The maximum absolute atomic E-state index is 4.52. The van der Waals surface area contributed by atoms with Crippen molar-refractivity contribution in [1.82, 2.24) is 15.2 Å². The van der Waals surface area contributed by atoms with Crippen LogP contribution in [0.1, 0.15) is 30.7 Å². The van der Waals surface area contributed by atoms with Gasteiger partial charge >= 0.3 is 0 Å². The molecule has 0 bridgehead atoms. The van der Waals surface area contributed by atoms with Crippen molar-refractivity contribution in [1.29, 1.82) is 0 Å². The van der Waals surface area contributed by atoms with E-state index in [4.69, 9.17) is 0 Å². The molecule has 1 aliphatic rings. The summed E-state index contributed by atoms with van der Waals surface area (Å²) in [6.45, 7) is 6.94. The highest BCUT2D eigenvalue weighted by molar-refractivity contribution is 7.15. The van der Waals surface area contributed by atoms with E-state index >= 15 is 0 Å². The second kappa shape index (κ2) is 6.50. The summed E-state index contributed by atoms with van der Waals surface area (Å²) in [4.78, 5) is 10.6. The third-order valence-corrected chi connectivity index (χ3v) is 4.94. The molecular formula is C13H24N4S. The van der Waals surface area contributed by atoms with Crippen LogP contribution in [0.4, 0.5) is 5.13 Å². The minimum atomic E-state index is 0.392. The molecular weight excluding hydrogens is 244 g/mol. The van der Waals surface area contributed by atoms with Crippen molar-refractivity contribution in [3.8, 4) is 0 Å². The molecule has 2 rings (SSSR count). The standard InChI is InChI=1S/C13H24N4S/c1-11(14-2)12-10-15-13(18-12)16(3)8-9-17-6-4-5-7-17/h10-11,14H,4-9H2,1-3H3. The maximum Gasteiger partial charge on any atom is 0.185 e. The summed E-state index contributed by atoms with van der Waals surface area (Å²) in [5, 5.41) is 4.38. The number of thiazole rings is 1. The molecule has 1 N–H and O–H groups in total. The monoisotopic (exact) mass is 268 g/mol. The van der Waals surface area contributed by atoms with Crippen LogP contribution in [0.2, 0.25) is 0 Å². The number of hydrogen-bond donors (Lipinski definition) is 1. The molecule has 102 valence electrons. The molecule has 4 nitrogen and oxygen atoms in total. The van der Waals surface area contributed by atoms with Gasteiger partial charge in [0.15, 0.2) is 5.13 Å². The summed E-state index contributed by atoms with van der Waals surface area (Å²) in [6, 6.07) is 0.392. The number of likely N-dealkylation sites (N-methyl/N-ethyl adjacent to an activating group) is 1. The zero-order valence-electron chi connectivity index (χ0n) is 11.6. The molecule has 1 unspecified atom stereocenters. The van der Waals surface area contributed by atoms with E-state index in [1.54, 1.807) is 11.3 Å². The largest absolute Gasteiger partial charge is 0.350 e. The molecule has 0 saturated carbocycles. The van der Waals surface area contributed by atoms with Gasteiger partial charge in [0.25, 0.3) is 0 Å². The lowest BCUT2D eigenvalue weighted by molar-refractivity contribution is 0.346. The van der Waals surface area contributed by atoms with E-state index in [9.17, 15) is 0 Å². The molecule has 0 radical (unpaired) electrons. The topological polar surface area (TPSA) is 31.4 Å². The Balaban J connectivity index is 1.84. The molecule has 0 aromatic carbocycles. The Labute approximate surface area is 114 Å². The minimum Gasteiger partial charge on any atom is -0.350 e. The third-order valence-electron chi connectivity index (χ3n) is 3.65. The zero-order chi connectivity index (χ0) is 13.0. The van der Waals surface area contributed by atoms with E-state index in [0.717, 1.165) is 18.2 Å². The van der Waals surface area contributed by atoms with Crippen LogP contribution in [0.5, 0.6) is 0 Å². The van der Waals surface area contributed by atoms with Crippen LogP contribution in [0.15, 0.2) is 6.20 Å². The molecule has 1 saturated heterocycles. The van der Waals surface area contributed by atoms with Gasteiger partial charge in [-0.15, -0.1) is 11.3 Å². The highest BCUT2D eigenvalue weighted by Gasteiger charge is 2.14. The fourth-order valence-corrected chi connectivity index (χ4v) is 3.15.